The Labute approximate surface area is 477 Å². The number of carbonyl (C=O) groups excluding carboxylic acids is 1. The number of imidazole rings is 2. The van der Waals surface area contributed by atoms with Gasteiger partial charge in [-0.1, -0.05) is 66.7 Å². The van der Waals surface area contributed by atoms with Crippen LogP contribution in [-0.2, 0) is 69.8 Å². The van der Waals surface area contributed by atoms with Crippen LogP contribution >= 0.6 is 25.7 Å². The summed E-state index contributed by atoms with van der Waals surface area (Å²) in [6.07, 6.45) is -7.84. The Morgan fingerprint density at radius 1 is 0.747 bits per heavy atom. The maximum Gasteiger partial charge on any atom is 0.389 e. The number of nitrogens with two attached hydrogens (primary N) is 2. The second-order valence-electron chi connectivity index (χ2n) is 19.6. The van der Waals surface area contributed by atoms with E-state index in [2.05, 4.69) is 40.2 Å². The molecule has 0 unspecified atom stereocenters. The van der Waals surface area contributed by atoms with Crippen molar-refractivity contribution in [2.45, 2.75) is 81.4 Å². The van der Waals surface area contributed by atoms with Gasteiger partial charge in [-0.3, -0.25) is 27.5 Å². The van der Waals surface area contributed by atoms with E-state index in [1.807, 2.05) is 65.0 Å². The normalized spacial score (nSPS) is 26.2. The van der Waals surface area contributed by atoms with E-state index >= 15 is 13.3 Å². The third-order valence-electron chi connectivity index (χ3n) is 14.3. The van der Waals surface area contributed by atoms with Crippen LogP contribution in [0.5, 0.6) is 5.75 Å². The highest BCUT2D eigenvalue weighted by atomic mass is 32.7. The van der Waals surface area contributed by atoms with Crippen LogP contribution in [0.25, 0.3) is 44.8 Å². The van der Waals surface area contributed by atoms with E-state index in [-0.39, 0.29) is 58.8 Å². The predicted octanol–water partition coefficient (Wildman–Crippen LogP) is 6.20. The first kappa shape index (κ1) is 56.7. The maximum atomic E-state index is 17.0. The van der Waals surface area contributed by atoms with Crippen LogP contribution in [0, 0.1) is 0 Å². The number of nitrogens with zero attached hydrogens (tertiary/aromatic N) is 12. The standard InChI is InChI=1S/C51H55BF2N14O12P2S/c1-2-37(69)65-21-30-7-3-4-8-32(30)40-43(33-9-5-6-10-34(33)65)68(64-63-40)15-16-72-17-18-73-19-20-74-31-13-11-29(12-14-31)24-83-82(71)76-23-36-44(38(53)50(78-36)66-27-61-41-46(55)57-25-59-48(41)66)79-81(52,70)75-22-35-45(80-82)39(54)51(77-35)67-28-62-42-47(56)58-26-60-49(42)67/h3-14,25-28,35-36,38-39,44-45,50-51H,2,15-24,52H2,1H3,(H2,55,57,59)(H2,56,58,60)/t35-,36-,38-,39-,44-,45-,50-,51-,81+,82+/m1/s1. The fourth-order valence-electron chi connectivity index (χ4n) is 10.3. The molecule has 3 saturated heterocycles. The van der Waals surface area contributed by atoms with Crippen LogP contribution in [0.4, 0.5) is 26.1 Å². The lowest BCUT2D eigenvalue weighted by atomic mass is 9.95. The van der Waals surface area contributed by atoms with Gasteiger partial charge in [-0.05, 0) is 40.7 Å². The number of para-hydroxylation sites is 1. The molecule has 0 aliphatic carbocycles. The molecule has 0 bridgehead atoms. The molecule has 434 valence electrons. The largest absolute Gasteiger partial charge is 0.491 e. The van der Waals surface area contributed by atoms with Crippen LogP contribution in [0.2, 0.25) is 0 Å². The summed E-state index contributed by atoms with van der Waals surface area (Å²) < 4.78 is 121. The Morgan fingerprint density at radius 3 is 2.02 bits per heavy atom. The van der Waals surface area contributed by atoms with Crippen molar-refractivity contribution in [3.63, 3.8) is 0 Å². The van der Waals surface area contributed by atoms with Crippen molar-refractivity contribution in [2.24, 2.45) is 0 Å². The summed E-state index contributed by atoms with van der Waals surface area (Å²) in [5.41, 5.74) is 18.4. The van der Waals surface area contributed by atoms with Gasteiger partial charge in [0.25, 0.3) is 15.0 Å². The molecule has 8 aromatic rings. The lowest BCUT2D eigenvalue weighted by Crippen LogP contribution is -2.37. The lowest BCUT2D eigenvalue weighted by molar-refractivity contribution is -0.118. The predicted molar refractivity (Wildman–Crippen MR) is 300 cm³/mol. The highest BCUT2D eigenvalue weighted by Crippen LogP contribution is 2.65. The summed E-state index contributed by atoms with van der Waals surface area (Å²) in [4.78, 5) is 39.8. The minimum atomic E-state index is -4.51. The van der Waals surface area contributed by atoms with Gasteiger partial charge in [0.1, 0.15) is 66.2 Å². The number of hydrogen-bond acceptors (Lipinski definition) is 23. The third-order valence-corrected chi connectivity index (χ3v) is 19.2. The van der Waals surface area contributed by atoms with Gasteiger partial charge in [0.2, 0.25) is 5.91 Å². The summed E-state index contributed by atoms with van der Waals surface area (Å²) >= 11 is 0.743. The Hall–Kier alpha value is -6.82. The third kappa shape index (κ3) is 11.6. The number of rotatable bonds is 16. The molecule has 32 heteroatoms. The number of anilines is 3. The molecule has 0 spiro atoms. The van der Waals surface area contributed by atoms with Crippen molar-refractivity contribution < 1.29 is 64.5 Å². The first-order valence-electron chi connectivity index (χ1n) is 26.5. The maximum absolute atomic E-state index is 17.0. The van der Waals surface area contributed by atoms with E-state index in [9.17, 15) is 9.36 Å². The molecule has 3 aromatic carbocycles. The van der Waals surface area contributed by atoms with E-state index in [1.54, 1.807) is 24.3 Å². The number of halogens is 2. The summed E-state index contributed by atoms with van der Waals surface area (Å²) in [5, 5.41) is 9.14. The number of amides is 1. The minimum Gasteiger partial charge on any atom is -0.491 e. The number of ether oxygens (including phenoxy) is 5. The second-order valence-corrected chi connectivity index (χ2v) is 25.7. The van der Waals surface area contributed by atoms with Gasteiger partial charge < -0.3 is 49.1 Å². The molecule has 4 aliphatic heterocycles. The fraction of sp³-hybridized carbons (Fsp3) is 0.392. The lowest BCUT2D eigenvalue weighted by Gasteiger charge is -2.30. The van der Waals surface area contributed by atoms with Gasteiger partial charge in [-0.2, -0.15) is 0 Å². The van der Waals surface area contributed by atoms with Gasteiger partial charge in [0, 0.05) is 23.3 Å². The molecule has 10 atom stereocenters. The van der Waals surface area contributed by atoms with Gasteiger partial charge in [0.15, 0.2) is 47.7 Å². The van der Waals surface area contributed by atoms with Crippen molar-refractivity contribution in [2.75, 3.05) is 62.6 Å². The molecule has 26 nitrogen and oxygen atoms in total. The minimum absolute atomic E-state index is 0.0170. The van der Waals surface area contributed by atoms with Crippen molar-refractivity contribution in [3.05, 3.63) is 109 Å². The monoisotopic (exact) mass is 1200 g/mol. The molecule has 3 fully saturated rings. The molecule has 9 heterocycles. The van der Waals surface area contributed by atoms with E-state index in [0.29, 0.717) is 50.6 Å². The molecule has 83 heavy (non-hydrogen) atoms. The molecular weight excluding hydrogens is 1140 g/mol. The quantitative estimate of drug-likeness (QED) is 0.0618. The molecule has 4 N–H and O–H groups in total. The average Bonchev–Trinajstić information content (AvgIpc) is 3.07. The summed E-state index contributed by atoms with van der Waals surface area (Å²) in [5.74, 6) is 0.650. The van der Waals surface area contributed by atoms with Gasteiger partial charge in [-0.25, -0.2) is 47.9 Å². The van der Waals surface area contributed by atoms with Crippen LogP contribution < -0.4 is 21.1 Å². The van der Waals surface area contributed by atoms with Crippen molar-refractivity contribution in [1.82, 2.24) is 54.0 Å². The number of alkyl halides is 2. The molecule has 1 amide bonds. The van der Waals surface area contributed by atoms with Crippen LogP contribution in [0.1, 0.15) is 36.9 Å². The van der Waals surface area contributed by atoms with E-state index in [4.69, 9.17) is 53.2 Å². The zero-order valence-corrected chi connectivity index (χ0v) is 47.2. The van der Waals surface area contributed by atoms with Crippen molar-refractivity contribution in [1.29, 1.82) is 0 Å². The Balaban J connectivity index is 0.673. The number of fused-ring (bicyclic) bond motifs is 9. The zero-order chi connectivity index (χ0) is 57.4. The van der Waals surface area contributed by atoms with Crippen LogP contribution in [-0.4, -0.2) is 151 Å². The van der Waals surface area contributed by atoms with E-state index in [1.165, 1.54) is 34.4 Å². The number of nitrogen functional groups attached to an aromatic ring is 2. The molecule has 4 aliphatic rings. The first-order chi connectivity index (χ1) is 40.3. The SMILES string of the molecule is B[P@]1(=O)OC[C@H]2O[C@@H](n3cnc4c(N)ncnc43)[C@H](F)[C@@H]2O[P@@](=O)(SCc2ccc(OCCOCCOCCn3nnc4c3-c3ccccc3N(C(=O)CC)Cc3ccccc3-4)cc2)OC[C@H]2O[C@@H](n3cnc4c(N)ncnc43)[C@H](F)[C@@H]2O1. The van der Waals surface area contributed by atoms with Crippen LogP contribution in [0.3, 0.4) is 0 Å². The topological polar surface area (TPSA) is 307 Å². The summed E-state index contributed by atoms with van der Waals surface area (Å²) in [6.45, 7) is -1.63. The molecule has 12 rings (SSSR count). The van der Waals surface area contributed by atoms with Gasteiger partial charge in [-0.15, -0.1) is 5.10 Å². The Morgan fingerprint density at radius 2 is 1.35 bits per heavy atom. The smallest absolute Gasteiger partial charge is 0.389 e. The average molecular weight is 1200 g/mol. The van der Waals surface area contributed by atoms with E-state index < -0.39 is 76.7 Å². The fourth-order valence-corrected chi connectivity index (χ4v) is 14.8. The van der Waals surface area contributed by atoms with Crippen LogP contribution in [0.15, 0.2) is 98.1 Å². The van der Waals surface area contributed by atoms with Gasteiger partial charge in [0.05, 0.1) is 76.8 Å². The van der Waals surface area contributed by atoms with E-state index in [0.717, 1.165) is 52.7 Å². The highest BCUT2D eigenvalue weighted by Gasteiger charge is 2.55. The van der Waals surface area contributed by atoms with Gasteiger partial charge >= 0.3 is 6.80 Å². The zero-order valence-electron chi connectivity index (χ0n) is 44.6. The highest BCUT2D eigenvalue weighted by molar-refractivity contribution is 8.54. The first-order valence-corrected chi connectivity index (χ1v) is 31.6. The van der Waals surface area contributed by atoms with Crippen molar-refractivity contribution in [3.8, 4) is 28.3 Å². The molecule has 5 aromatic heterocycles. The number of carbonyl (C=O) groups is 1. The van der Waals surface area contributed by atoms with Crippen molar-refractivity contribution >= 4 is 78.8 Å². The molecular formula is C51H55BF2N14O12P2S. The Kier molecular flexibility index (Phi) is 16.4. The summed E-state index contributed by atoms with van der Waals surface area (Å²) in [6, 6.07) is 22.7. The number of benzene rings is 3. The second kappa shape index (κ2) is 24.0. The Bertz CT molecular complexity index is 3760. The molecule has 0 saturated carbocycles. The molecule has 0 radical (unpaired) electrons. The summed E-state index contributed by atoms with van der Waals surface area (Å²) in [7, 11) is -3.08. The number of aromatic nitrogens is 11. The number of hydrogen-bond donors (Lipinski definition) is 2.